The molecule has 2 unspecified atom stereocenters. The van der Waals surface area contributed by atoms with E-state index in [0.29, 0.717) is 11.7 Å². The van der Waals surface area contributed by atoms with Gasteiger partial charge in [0, 0.05) is 17.4 Å². The summed E-state index contributed by atoms with van der Waals surface area (Å²) in [4.78, 5) is 12.1. The van der Waals surface area contributed by atoms with E-state index in [1.54, 1.807) is 0 Å². The third kappa shape index (κ3) is 1.32. The van der Waals surface area contributed by atoms with Gasteiger partial charge in [0.05, 0.1) is 0 Å². The molecule has 2 rings (SSSR count). The Kier molecular flexibility index (Phi) is 2.18. The highest BCUT2D eigenvalue weighted by Crippen LogP contribution is 2.43. The SMILES string of the molecule is CC1(C(=O)C2CCC2)CCCC1N. The van der Waals surface area contributed by atoms with Crippen LogP contribution in [-0.4, -0.2) is 11.8 Å². The maximum atomic E-state index is 12.1. The zero-order valence-electron chi connectivity index (χ0n) is 8.38. The van der Waals surface area contributed by atoms with Gasteiger partial charge in [-0.25, -0.2) is 0 Å². The minimum Gasteiger partial charge on any atom is -0.327 e. The first-order valence-electron chi connectivity index (χ1n) is 5.44. The molecule has 0 spiro atoms. The van der Waals surface area contributed by atoms with E-state index in [9.17, 15) is 4.79 Å². The lowest BCUT2D eigenvalue weighted by Crippen LogP contribution is -2.45. The van der Waals surface area contributed by atoms with Gasteiger partial charge in [-0.3, -0.25) is 4.79 Å². The molecule has 2 nitrogen and oxygen atoms in total. The summed E-state index contributed by atoms with van der Waals surface area (Å²) in [6.45, 7) is 2.07. The van der Waals surface area contributed by atoms with Crippen molar-refractivity contribution >= 4 is 5.78 Å². The highest BCUT2D eigenvalue weighted by atomic mass is 16.1. The van der Waals surface area contributed by atoms with Crippen molar-refractivity contribution in [3.05, 3.63) is 0 Å². The van der Waals surface area contributed by atoms with Crippen LogP contribution in [0.3, 0.4) is 0 Å². The lowest BCUT2D eigenvalue weighted by Gasteiger charge is -2.35. The number of nitrogens with two attached hydrogens (primary N) is 1. The third-order valence-corrected chi connectivity index (χ3v) is 4.07. The van der Waals surface area contributed by atoms with Gasteiger partial charge in [-0.2, -0.15) is 0 Å². The molecule has 0 bridgehead atoms. The van der Waals surface area contributed by atoms with Crippen molar-refractivity contribution in [2.45, 2.75) is 51.5 Å². The van der Waals surface area contributed by atoms with Crippen LogP contribution in [0.25, 0.3) is 0 Å². The predicted molar refractivity (Wildman–Crippen MR) is 52.3 cm³/mol. The first-order valence-corrected chi connectivity index (χ1v) is 5.44. The summed E-state index contributed by atoms with van der Waals surface area (Å²) in [6.07, 6.45) is 6.65. The van der Waals surface area contributed by atoms with E-state index < -0.39 is 0 Å². The number of carbonyl (C=O) groups is 1. The standard InChI is InChI=1S/C11H19NO/c1-11(7-3-6-9(11)12)10(13)8-4-2-5-8/h8-9H,2-7,12H2,1H3. The van der Waals surface area contributed by atoms with Crippen molar-refractivity contribution in [1.29, 1.82) is 0 Å². The summed E-state index contributed by atoms with van der Waals surface area (Å²) in [6, 6.07) is 0.126. The lowest BCUT2D eigenvalue weighted by molar-refractivity contribution is -0.135. The lowest BCUT2D eigenvalue weighted by atomic mass is 9.69. The highest BCUT2D eigenvalue weighted by molar-refractivity contribution is 5.88. The smallest absolute Gasteiger partial charge is 0.143 e. The molecule has 2 heteroatoms. The number of rotatable bonds is 2. The first kappa shape index (κ1) is 9.20. The molecule has 0 aliphatic heterocycles. The van der Waals surface area contributed by atoms with Crippen LogP contribution >= 0.6 is 0 Å². The molecule has 2 saturated carbocycles. The molecule has 2 aliphatic rings. The maximum absolute atomic E-state index is 12.1. The molecular weight excluding hydrogens is 162 g/mol. The van der Waals surface area contributed by atoms with Gasteiger partial charge in [0.25, 0.3) is 0 Å². The zero-order valence-corrected chi connectivity index (χ0v) is 8.38. The van der Waals surface area contributed by atoms with E-state index in [1.165, 1.54) is 6.42 Å². The van der Waals surface area contributed by atoms with E-state index in [1.807, 2.05) is 0 Å². The molecule has 0 radical (unpaired) electrons. The van der Waals surface area contributed by atoms with Gasteiger partial charge in [0.1, 0.15) is 5.78 Å². The minimum atomic E-state index is -0.176. The van der Waals surface area contributed by atoms with Crippen molar-refractivity contribution in [2.75, 3.05) is 0 Å². The fourth-order valence-corrected chi connectivity index (χ4v) is 2.64. The second-order valence-electron chi connectivity index (χ2n) is 4.91. The minimum absolute atomic E-state index is 0.126. The fraction of sp³-hybridized carbons (Fsp3) is 0.909. The summed E-state index contributed by atoms with van der Waals surface area (Å²) >= 11 is 0. The molecule has 0 amide bonds. The van der Waals surface area contributed by atoms with Gasteiger partial charge in [-0.05, 0) is 25.7 Å². The normalized spacial score (nSPS) is 40.3. The number of carbonyl (C=O) groups excluding carboxylic acids is 1. The summed E-state index contributed by atoms with van der Waals surface area (Å²) in [5, 5.41) is 0. The number of hydrogen-bond acceptors (Lipinski definition) is 2. The van der Waals surface area contributed by atoms with Gasteiger partial charge in [-0.15, -0.1) is 0 Å². The Hall–Kier alpha value is -0.370. The number of Topliss-reactive ketones (excluding diaryl/α,β-unsaturated/α-hetero) is 1. The molecule has 2 N–H and O–H groups in total. The molecule has 2 atom stereocenters. The molecule has 0 heterocycles. The maximum Gasteiger partial charge on any atom is 0.143 e. The Bertz CT molecular complexity index is 222. The predicted octanol–water partition coefficient (Wildman–Crippen LogP) is 1.87. The molecular formula is C11H19NO. The van der Waals surface area contributed by atoms with Gasteiger partial charge >= 0.3 is 0 Å². The average Bonchev–Trinajstić information content (AvgIpc) is 2.30. The molecule has 0 aromatic rings. The number of ketones is 1. The summed E-state index contributed by atoms with van der Waals surface area (Å²) in [5.74, 6) is 0.818. The van der Waals surface area contributed by atoms with Crippen LogP contribution in [0.2, 0.25) is 0 Å². The second-order valence-corrected chi connectivity index (χ2v) is 4.91. The average molecular weight is 181 g/mol. The van der Waals surface area contributed by atoms with Crippen LogP contribution in [0.4, 0.5) is 0 Å². The first-order chi connectivity index (χ1) is 6.14. The van der Waals surface area contributed by atoms with Crippen molar-refractivity contribution < 1.29 is 4.79 Å². The Labute approximate surface area is 79.9 Å². The quantitative estimate of drug-likeness (QED) is 0.706. The van der Waals surface area contributed by atoms with Crippen LogP contribution in [0.5, 0.6) is 0 Å². The van der Waals surface area contributed by atoms with Crippen LogP contribution in [0.1, 0.15) is 45.4 Å². The van der Waals surface area contributed by atoms with Gasteiger partial charge in [0.15, 0.2) is 0 Å². The Balaban J connectivity index is 2.08. The Morgan fingerprint density at radius 1 is 1.31 bits per heavy atom. The van der Waals surface area contributed by atoms with E-state index in [2.05, 4.69) is 6.92 Å². The third-order valence-electron chi connectivity index (χ3n) is 4.07. The van der Waals surface area contributed by atoms with E-state index in [0.717, 1.165) is 32.1 Å². The summed E-state index contributed by atoms with van der Waals surface area (Å²) in [7, 11) is 0. The van der Waals surface area contributed by atoms with Crippen molar-refractivity contribution in [1.82, 2.24) is 0 Å². The zero-order chi connectivity index (χ0) is 9.47. The molecule has 74 valence electrons. The van der Waals surface area contributed by atoms with E-state index in [4.69, 9.17) is 5.73 Å². The topological polar surface area (TPSA) is 43.1 Å². The van der Waals surface area contributed by atoms with Gasteiger partial charge in [0.2, 0.25) is 0 Å². The van der Waals surface area contributed by atoms with Gasteiger partial charge in [-0.1, -0.05) is 19.8 Å². The summed E-state index contributed by atoms with van der Waals surface area (Å²) in [5.41, 5.74) is 5.83. The van der Waals surface area contributed by atoms with Crippen LogP contribution in [0.15, 0.2) is 0 Å². The van der Waals surface area contributed by atoms with Crippen LogP contribution in [-0.2, 0) is 4.79 Å². The highest BCUT2D eigenvalue weighted by Gasteiger charge is 2.46. The molecule has 0 aromatic heterocycles. The molecule has 13 heavy (non-hydrogen) atoms. The van der Waals surface area contributed by atoms with Crippen molar-refractivity contribution in [3.8, 4) is 0 Å². The van der Waals surface area contributed by atoms with E-state index in [-0.39, 0.29) is 11.5 Å². The summed E-state index contributed by atoms with van der Waals surface area (Å²) < 4.78 is 0. The fourth-order valence-electron chi connectivity index (χ4n) is 2.64. The van der Waals surface area contributed by atoms with Crippen molar-refractivity contribution in [3.63, 3.8) is 0 Å². The second kappa shape index (κ2) is 3.09. The van der Waals surface area contributed by atoms with Crippen LogP contribution in [0, 0.1) is 11.3 Å². The molecule has 2 fully saturated rings. The molecule has 0 aromatic carbocycles. The van der Waals surface area contributed by atoms with Crippen LogP contribution < -0.4 is 5.73 Å². The number of hydrogen-bond donors (Lipinski definition) is 1. The molecule has 2 aliphatic carbocycles. The Morgan fingerprint density at radius 3 is 2.38 bits per heavy atom. The molecule has 0 saturated heterocycles. The Morgan fingerprint density at radius 2 is 2.00 bits per heavy atom. The largest absolute Gasteiger partial charge is 0.327 e. The van der Waals surface area contributed by atoms with Gasteiger partial charge < -0.3 is 5.73 Å². The van der Waals surface area contributed by atoms with Crippen molar-refractivity contribution in [2.24, 2.45) is 17.1 Å². The monoisotopic (exact) mass is 181 g/mol. The van der Waals surface area contributed by atoms with E-state index >= 15 is 0 Å².